The van der Waals surface area contributed by atoms with E-state index in [1.807, 2.05) is 18.7 Å². The van der Waals surface area contributed by atoms with E-state index >= 15 is 0 Å². The van der Waals surface area contributed by atoms with Crippen molar-refractivity contribution in [1.82, 2.24) is 9.80 Å². The zero-order valence-corrected chi connectivity index (χ0v) is 10.3. The van der Waals surface area contributed by atoms with Crippen molar-refractivity contribution in [2.75, 3.05) is 32.7 Å². The third kappa shape index (κ3) is 3.20. The number of carbonyl (C=O) groups excluding carboxylic acids is 2. The van der Waals surface area contributed by atoms with Crippen LogP contribution in [0.1, 0.15) is 20.8 Å². The van der Waals surface area contributed by atoms with Crippen LogP contribution in [0.15, 0.2) is 0 Å². The van der Waals surface area contributed by atoms with Crippen LogP contribution in [0.4, 0.5) is 0 Å². The van der Waals surface area contributed by atoms with Gasteiger partial charge in [-0.05, 0) is 13.8 Å². The molecule has 2 N–H and O–H groups in total. The first kappa shape index (κ1) is 13.0. The molecule has 0 bridgehead atoms. The van der Waals surface area contributed by atoms with E-state index in [0.29, 0.717) is 6.54 Å². The van der Waals surface area contributed by atoms with Gasteiger partial charge in [0.05, 0.1) is 5.41 Å². The fourth-order valence-electron chi connectivity index (χ4n) is 1.86. The molecule has 1 rings (SSSR count). The molecule has 1 heterocycles. The van der Waals surface area contributed by atoms with Gasteiger partial charge in [-0.2, -0.15) is 0 Å². The molecule has 0 aromatic rings. The molecular weight excluding hydrogens is 206 g/mol. The fourth-order valence-corrected chi connectivity index (χ4v) is 1.86. The summed E-state index contributed by atoms with van der Waals surface area (Å²) >= 11 is 0. The van der Waals surface area contributed by atoms with Crippen molar-refractivity contribution in [2.24, 2.45) is 11.1 Å². The summed E-state index contributed by atoms with van der Waals surface area (Å²) in [5.74, 6) is -0.157. The van der Waals surface area contributed by atoms with Gasteiger partial charge in [0, 0.05) is 39.6 Å². The molecular formula is C11H21N3O2. The summed E-state index contributed by atoms with van der Waals surface area (Å²) in [6.45, 7) is 9.07. The van der Waals surface area contributed by atoms with Crippen LogP contribution >= 0.6 is 0 Å². The minimum absolute atomic E-state index is 0.119. The van der Waals surface area contributed by atoms with Crippen molar-refractivity contribution < 1.29 is 9.59 Å². The SMILES string of the molecule is CC(=O)N1CCN(CC(C)(C)C(N)=O)CC1. The van der Waals surface area contributed by atoms with Gasteiger partial charge in [-0.3, -0.25) is 14.5 Å². The van der Waals surface area contributed by atoms with E-state index in [1.165, 1.54) is 0 Å². The summed E-state index contributed by atoms with van der Waals surface area (Å²) in [5.41, 5.74) is 4.83. The van der Waals surface area contributed by atoms with Crippen molar-refractivity contribution in [3.8, 4) is 0 Å². The van der Waals surface area contributed by atoms with E-state index in [1.54, 1.807) is 6.92 Å². The highest BCUT2D eigenvalue weighted by molar-refractivity contribution is 5.80. The zero-order valence-electron chi connectivity index (χ0n) is 10.3. The highest BCUT2D eigenvalue weighted by Crippen LogP contribution is 2.17. The van der Waals surface area contributed by atoms with Crippen molar-refractivity contribution in [2.45, 2.75) is 20.8 Å². The van der Waals surface area contributed by atoms with Crippen LogP contribution in [0.25, 0.3) is 0 Å². The highest BCUT2D eigenvalue weighted by Gasteiger charge is 2.29. The Morgan fingerprint density at radius 1 is 1.19 bits per heavy atom. The highest BCUT2D eigenvalue weighted by atomic mass is 16.2. The van der Waals surface area contributed by atoms with Crippen LogP contribution in [-0.2, 0) is 9.59 Å². The van der Waals surface area contributed by atoms with Crippen LogP contribution in [0.5, 0.6) is 0 Å². The summed E-state index contributed by atoms with van der Waals surface area (Å²) < 4.78 is 0. The van der Waals surface area contributed by atoms with Crippen molar-refractivity contribution in [1.29, 1.82) is 0 Å². The number of carbonyl (C=O) groups is 2. The molecule has 0 aromatic carbocycles. The fraction of sp³-hybridized carbons (Fsp3) is 0.818. The lowest BCUT2D eigenvalue weighted by atomic mass is 9.92. The maximum atomic E-state index is 11.2. The molecule has 0 spiro atoms. The molecule has 0 aliphatic carbocycles. The summed E-state index contributed by atoms with van der Waals surface area (Å²) in [6.07, 6.45) is 0. The molecule has 16 heavy (non-hydrogen) atoms. The number of nitrogens with two attached hydrogens (primary N) is 1. The Hall–Kier alpha value is -1.10. The number of primary amides is 1. The molecule has 0 aromatic heterocycles. The smallest absolute Gasteiger partial charge is 0.224 e. The Bertz CT molecular complexity index is 281. The molecule has 1 aliphatic heterocycles. The number of piperazine rings is 1. The second-order valence-corrected chi connectivity index (χ2v) is 5.03. The summed E-state index contributed by atoms with van der Waals surface area (Å²) in [7, 11) is 0. The monoisotopic (exact) mass is 227 g/mol. The lowest BCUT2D eigenvalue weighted by Gasteiger charge is -2.37. The molecule has 0 unspecified atom stereocenters. The molecule has 0 saturated carbocycles. The molecule has 0 radical (unpaired) electrons. The zero-order chi connectivity index (χ0) is 12.3. The van der Waals surface area contributed by atoms with Crippen LogP contribution in [0, 0.1) is 5.41 Å². The molecule has 1 saturated heterocycles. The first-order valence-electron chi connectivity index (χ1n) is 5.61. The maximum absolute atomic E-state index is 11.2. The van der Waals surface area contributed by atoms with E-state index < -0.39 is 5.41 Å². The minimum atomic E-state index is -0.502. The van der Waals surface area contributed by atoms with Gasteiger partial charge < -0.3 is 10.6 Å². The summed E-state index contributed by atoms with van der Waals surface area (Å²) in [4.78, 5) is 26.3. The topological polar surface area (TPSA) is 66.6 Å². The number of rotatable bonds is 3. The maximum Gasteiger partial charge on any atom is 0.224 e. The first-order chi connectivity index (χ1) is 7.33. The average molecular weight is 227 g/mol. The Balaban J connectivity index is 2.43. The van der Waals surface area contributed by atoms with E-state index in [9.17, 15) is 9.59 Å². The van der Waals surface area contributed by atoms with Gasteiger partial charge in [0.2, 0.25) is 11.8 Å². The second kappa shape index (κ2) is 4.82. The van der Waals surface area contributed by atoms with Gasteiger partial charge in [0.15, 0.2) is 0 Å². The average Bonchev–Trinajstić information content (AvgIpc) is 2.17. The quantitative estimate of drug-likeness (QED) is 0.717. The molecule has 92 valence electrons. The van der Waals surface area contributed by atoms with Gasteiger partial charge in [0.1, 0.15) is 0 Å². The first-order valence-corrected chi connectivity index (χ1v) is 5.61. The van der Waals surface area contributed by atoms with E-state index in [-0.39, 0.29) is 11.8 Å². The molecule has 2 amide bonds. The Morgan fingerprint density at radius 2 is 1.69 bits per heavy atom. The molecule has 1 aliphatic rings. The molecule has 1 fully saturated rings. The minimum Gasteiger partial charge on any atom is -0.369 e. The van der Waals surface area contributed by atoms with Gasteiger partial charge in [-0.25, -0.2) is 0 Å². The van der Waals surface area contributed by atoms with Gasteiger partial charge in [0.25, 0.3) is 0 Å². The van der Waals surface area contributed by atoms with Crippen molar-refractivity contribution in [3.63, 3.8) is 0 Å². The third-order valence-corrected chi connectivity index (χ3v) is 3.10. The summed E-state index contributed by atoms with van der Waals surface area (Å²) in [5, 5.41) is 0. The van der Waals surface area contributed by atoms with E-state index in [4.69, 9.17) is 5.73 Å². The lowest BCUT2D eigenvalue weighted by Crippen LogP contribution is -2.52. The van der Waals surface area contributed by atoms with Gasteiger partial charge >= 0.3 is 0 Å². The van der Waals surface area contributed by atoms with Crippen LogP contribution in [0.3, 0.4) is 0 Å². The Kier molecular flexibility index (Phi) is 3.91. The van der Waals surface area contributed by atoms with Gasteiger partial charge in [-0.1, -0.05) is 0 Å². The van der Waals surface area contributed by atoms with Crippen LogP contribution in [0.2, 0.25) is 0 Å². The Labute approximate surface area is 96.6 Å². The number of amides is 2. The number of nitrogens with zero attached hydrogens (tertiary/aromatic N) is 2. The Morgan fingerprint density at radius 3 is 2.06 bits per heavy atom. The van der Waals surface area contributed by atoms with Gasteiger partial charge in [-0.15, -0.1) is 0 Å². The summed E-state index contributed by atoms with van der Waals surface area (Å²) in [6, 6.07) is 0. The van der Waals surface area contributed by atoms with Crippen molar-refractivity contribution >= 4 is 11.8 Å². The standard InChI is InChI=1S/C11H21N3O2/c1-9(15)14-6-4-13(5-7-14)8-11(2,3)10(12)16/h4-8H2,1-3H3,(H2,12,16). The predicted octanol–water partition coefficient (Wildman–Crippen LogP) is -0.338. The van der Waals surface area contributed by atoms with Crippen LogP contribution < -0.4 is 5.73 Å². The predicted molar refractivity (Wildman–Crippen MR) is 61.7 cm³/mol. The van der Waals surface area contributed by atoms with E-state index in [0.717, 1.165) is 26.2 Å². The lowest BCUT2D eigenvalue weighted by molar-refractivity contribution is -0.132. The number of hydrogen-bond donors (Lipinski definition) is 1. The van der Waals surface area contributed by atoms with Crippen LogP contribution in [-0.4, -0.2) is 54.3 Å². The molecule has 5 nitrogen and oxygen atoms in total. The second-order valence-electron chi connectivity index (χ2n) is 5.03. The van der Waals surface area contributed by atoms with Crippen molar-refractivity contribution in [3.05, 3.63) is 0 Å². The normalized spacial score (nSPS) is 18.6. The molecule has 0 atom stereocenters. The third-order valence-electron chi connectivity index (χ3n) is 3.10. The molecule has 5 heteroatoms. The number of hydrogen-bond acceptors (Lipinski definition) is 3. The van der Waals surface area contributed by atoms with E-state index in [2.05, 4.69) is 4.90 Å². The largest absolute Gasteiger partial charge is 0.369 e.